The number of anilines is 1. The number of hydrogen-bond donors (Lipinski definition) is 1. The summed E-state index contributed by atoms with van der Waals surface area (Å²) in [5.74, 6) is 0.552. The number of halogens is 3. The molecule has 2 heterocycles. The molecule has 0 radical (unpaired) electrons. The second-order valence-electron chi connectivity index (χ2n) is 11.9. The van der Waals surface area contributed by atoms with Gasteiger partial charge in [-0.05, 0) is 85.9 Å². The van der Waals surface area contributed by atoms with Gasteiger partial charge in [0, 0.05) is 36.8 Å². The van der Waals surface area contributed by atoms with Crippen LogP contribution in [0.25, 0.3) is 0 Å². The van der Waals surface area contributed by atoms with Gasteiger partial charge in [0.1, 0.15) is 12.2 Å². The summed E-state index contributed by atoms with van der Waals surface area (Å²) in [4.78, 5) is 15.1. The van der Waals surface area contributed by atoms with Gasteiger partial charge in [-0.1, -0.05) is 12.1 Å². The first-order valence-corrected chi connectivity index (χ1v) is 13.6. The van der Waals surface area contributed by atoms with Gasteiger partial charge in [0.05, 0.1) is 23.6 Å². The van der Waals surface area contributed by atoms with Crippen LogP contribution in [0.1, 0.15) is 83.9 Å². The van der Waals surface area contributed by atoms with Gasteiger partial charge >= 0.3 is 6.18 Å². The number of nitrogens with one attached hydrogen (secondary N) is 1. The van der Waals surface area contributed by atoms with E-state index in [9.17, 15) is 23.2 Å². The van der Waals surface area contributed by atoms with Crippen molar-refractivity contribution >= 4 is 11.6 Å². The normalized spacial score (nSPS) is 23.4. The number of aromatic nitrogens is 3. The van der Waals surface area contributed by atoms with Crippen molar-refractivity contribution in [1.82, 2.24) is 20.1 Å². The molecular formula is C30H31F3N6O. The van der Waals surface area contributed by atoms with Crippen molar-refractivity contribution in [1.29, 1.82) is 5.26 Å². The summed E-state index contributed by atoms with van der Waals surface area (Å²) in [6.07, 6.45) is 1.99. The Kier molecular flexibility index (Phi) is 6.26. The van der Waals surface area contributed by atoms with Gasteiger partial charge < -0.3 is 14.8 Å². The standard InChI is InChI=1S/C30H31F3N6O/c1-28(8-4-9-28)35-16-20-11-23-24(25(12-20)30(31,32)33)17-39(26(23)40)22-6-3-5-21(13-22)29(14-19(15-29)7-10-34)27-37-36-18-38(27)2/h3,5-6,11-13,18-19,35H,4,7-9,14-17H2,1-2H3/t19-,29-. The van der Waals surface area contributed by atoms with E-state index in [0.717, 1.165) is 30.7 Å². The number of nitriles is 1. The SMILES string of the molecule is Cn1cnnc1[C@]1(c2cccc(N3Cc4c(cc(CNC5(C)CCC5)cc4C(F)(F)F)C3=O)c2)C[C@@H](CC#N)C1. The fraction of sp³-hybridized carbons (Fsp3) is 0.467. The summed E-state index contributed by atoms with van der Waals surface area (Å²) in [7, 11) is 1.87. The van der Waals surface area contributed by atoms with E-state index in [1.54, 1.807) is 18.5 Å². The zero-order valence-electron chi connectivity index (χ0n) is 22.6. The number of amides is 1. The molecule has 2 fully saturated rings. The summed E-state index contributed by atoms with van der Waals surface area (Å²) in [6.45, 7) is 2.21. The fourth-order valence-electron chi connectivity index (χ4n) is 6.67. The summed E-state index contributed by atoms with van der Waals surface area (Å²) in [6, 6.07) is 12.5. The van der Waals surface area contributed by atoms with E-state index in [2.05, 4.69) is 28.5 Å². The average molecular weight is 549 g/mol. The number of hydrogen-bond acceptors (Lipinski definition) is 5. The van der Waals surface area contributed by atoms with Crippen molar-refractivity contribution < 1.29 is 18.0 Å². The smallest absolute Gasteiger partial charge is 0.320 e. The number of nitrogens with zero attached hydrogens (tertiary/aromatic N) is 5. The van der Waals surface area contributed by atoms with Crippen LogP contribution >= 0.6 is 0 Å². The molecule has 0 unspecified atom stereocenters. The van der Waals surface area contributed by atoms with Crippen molar-refractivity contribution in [2.75, 3.05) is 4.90 Å². The van der Waals surface area contributed by atoms with Crippen LogP contribution in [-0.4, -0.2) is 26.2 Å². The number of carbonyl (C=O) groups is 1. The highest BCUT2D eigenvalue weighted by Crippen LogP contribution is 2.53. The number of rotatable bonds is 7. The Balaban J connectivity index is 1.33. The van der Waals surface area contributed by atoms with Gasteiger partial charge in [0.15, 0.2) is 0 Å². The third kappa shape index (κ3) is 4.37. The average Bonchev–Trinajstić information content (AvgIpc) is 3.45. The lowest BCUT2D eigenvalue weighted by Gasteiger charge is -2.46. The van der Waals surface area contributed by atoms with Crippen LogP contribution in [-0.2, 0) is 31.7 Å². The molecule has 10 heteroatoms. The summed E-state index contributed by atoms with van der Waals surface area (Å²) in [5, 5.41) is 21.0. The minimum absolute atomic E-state index is 0.0160. The maximum Gasteiger partial charge on any atom is 0.416 e. The highest BCUT2D eigenvalue weighted by Gasteiger charge is 2.50. The lowest BCUT2D eigenvalue weighted by molar-refractivity contribution is -0.138. The molecular weight excluding hydrogens is 517 g/mol. The Morgan fingerprint density at radius 2 is 1.98 bits per heavy atom. The van der Waals surface area contributed by atoms with Crippen LogP contribution in [0, 0.1) is 17.2 Å². The predicted molar refractivity (Wildman–Crippen MR) is 142 cm³/mol. The van der Waals surface area contributed by atoms with Gasteiger partial charge in [-0.15, -0.1) is 10.2 Å². The molecule has 2 saturated carbocycles. The Morgan fingerprint density at radius 1 is 1.20 bits per heavy atom. The number of fused-ring (bicyclic) bond motifs is 1. The van der Waals surface area contributed by atoms with E-state index in [-0.39, 0.29) is 35.7 Å². The Hall–Kier alpha value is -3.71. The molecule has 0 bridgehead atoms. The molecule has 2 aromatic carbocycles. The molecule has 1 N–H and O–H groups in total. The van der Waals surface area contributed by atoms with Crippen molar-refractivity contribution in [2.24, 2.45) is 13.0 Å². The molecule has 0 saturated heterocycles. The molecule has 3 aliphatic rings. The van der Waals surface area contributed by atoms with Gasteiger partial charge in [0.25, 0.3) is 5.91 Å². The highest BCUT2D eigenvalue weighted by atomic mass is 19.4. The van der Waals surface area contributed by atoms with E-state index in [0.29, 0.717) is 30.5 Å². The van der Waals surface area contributed by atoms with Gasteiger partial charge in [-0.2, -0.15) is 18.4 Å². The summed E-state index contributed by atoms with van der Waals surface area (Å²) in [5.41, 5.74) is 0.738. The zero-order valence-corrected chi connectivity index (χ0v) is 22.6. The lowest BCUT2D eigenvalue weighted by Crippen LogP contribution is -2.47. The first-order valence-electron chi connectivity index (χ1n) is 13.6. The minimum atomic E-state index is -4.57. The number of aryl methyl sites for hydroxylation is 1. The maximum atomic E-state index is 14.2. The Bertz CT molecular complexity index is 1510. The maximum absolute atomic E-state index is 14.2. The predicted octanol–water partition coefficient (Wildman–Crippen LogP) is 5.64. The first-order chi connectivity index (χ1) is 19.0. The summed E-state index contributed by atoms with van der Waals surface area (Å²) < 4.78 is 44.5. The lowest BCUT2D eigenvalue weighted by atomic mass is 9.57. The monoisotopic (exact) mass is 548 g/mol. The van der Waals surface area contributed by atoms with Gasteiger partial charge in [0.2, 0.25) is 0 Å². The molecule has 208 valence electrons. The molecule has 3 aromatic rings. The molecule has 0 spiro atoms. The molecule has 1 aromatic heterocycles. The van der Waals surface area contributed by atoms with Crippen LogP contribution in [0.4, 0.5) is 18.9 Å². The van der Waals surface area contributed by atoms with Crippen molar-refractivity contribution in [3.05, 3.63) is 76.4 Å². The molecule has 2 aliphatic carbocycles. The third-order valence-electron chi connectivity index (χ3n) is 9.09. The van der Waals surface area contributed by atoms with E-state index in [1.807, 2.05) is 29.8 Å². The molecule has 6 rings (SSSR count). The van der Waals surface area contributed by atoms with E-state index in [1.165, 1.54) is 11.0 Å². The van der Waals surface area contributed by atoms with Crippen LogP contribution in [0.5, 0.6) is 0 Å². The van der Waals surface area contributed by atoms with Crippen LogP contribution < -0.4 is 10.2 Å². The Labute approximate surface area is 231 Å². The van der Waals surface area contributed by atoms with Crippen LogP contribution in [0.3, 0.4) is 0 Å². The van der Waals surface area contributed by atoms with Crippen molar-refractivity contribution in [3.63, 3.8) is 0 Å². The van der Waals surface area contributed by atoms with E-state index >= 15 is 0 Å². The van der Waals surface area contributed by atoms with Crippen LogP contribution in [0.2, 0.25) is 0 Å². The van der Waals surface area contributed by atoms with Crippen molar-refractivity contribution in [2.45, 2.75) is 75.7 Å². The first kappa shape index (κ1) is 26.5. The molecule has 7 nitrogen and oxygen atoms in total. The third-order valence-corrected chi connectivity index (χ3v) is 9.09. The summed E-state index contributed by atoms with van der Waals surface area (Å²) >= 11 is 0. The topological polar surface area (TPSA) is 86.8 Å². The fourth-order valence-corrected chi connectivity index (χ4v) is 6.67. The van der Waals surface area contributed by atoms with E-state index < -0.39 is 23.1 Å². The number of alkyl halides is 3. The van der Waals surface area contributed by atoms with Crippen LogP contribution in [0.15, 0.2) is 42.7 Å². The molecule has 0 atom stereocenters. The Morgan fingerprint density at radius 3 is 2.60 bits per heavy atom. The zero-order chi connectivity index (χ0) is 28.3. The quantitative estimate of drug-likeness (QED) is 0.413. The van der Waals surface area contributed by atoms with Gasteiger partial charge in [-0.3, -0.25) is 4.79 Å². The molecule has 1 amide bonds. The van der Waals surface area contributed by atoms with Crippen molar-refractivity contribution in [3.8, 4) is 6.07 Å². The largest absolute Gasteiger partial charge is 0.416 e. The second kappa shape index (κ2) is 9.44. The second-order valence-corrected chi connectivity index (χ2v) is 11.9. The minimum Gasteiger partial charge on any atom is -0.320 e. The highest BCUT2D eigenvalue weighted by molar-refractivity contribution is 6.10. The molecule has 1 aliphatic heterocycles. The number of benzene rings is 2. The van der Waals surface area contributed by atoms with E-state index in [4.69, 9.17) is 0 Å². The number of carbonyl (C=O) groups excluding carboxylic acids is 1. The van der Waals surface area contributed by atoms with Gasteiger partial charge in [-0.25, -0.2) is 0 Å². The molecule has 40 heavy (non-hydrogen) atoms.